The van der Waals surface area contributed by atoms with Gasteiger partial charge in [0, 0.05) is 24.3 Å². The highest BCUT2D eigenvalue weighted by Crippen LogP contribution is 2.29. The van der Waals surface area contributed by atoms with Crippen LogP contribution in [0.4, 0.5) is 11.4 Å². The Morgan fingerprint density at radius 1 is 1.27 bits per heavy atom. The summed E-state index contributed by atoms with van der Waals surface area (Å²) in [6, 6.07) is 10.9. The maximum absolute atomic E-state index is 12.3. The fraction of sp³-hybridized carbons (Fsp3) is 0.150. The van der Waals surface area contributed by atoms with Crippen LogP contribution in [0.15, 0.2) is 53.0 Å². The summed E-state index contributed by atoms with van der Waals surface area (Å²) in [4.78, 5) is 38.8. The van der Waals surface area contributed by atoms with Crippen LogP contribution >= 0.6 is 0 Å². The van der Waals surface area contributed by atoms with Crippen molar-refractivity contribution in [1.82, 2.24) is 4.98 Å². The number of amides is 1. The fourth-order valence-electron chi connectivity index (χ4n) is 2.51. The Labute approximate surface area is 170 Å². The zero-order valence-corrected chi connectivity index (χ0v) is 16.0. The number of anilines is 1. The SMILES string of the molecule is COc1ccc([N+](=O)[O-])cc1NC(=O)[C@@H](C)OC(=O)/C=C/c1nc2ccccc2o1. The molecule has 0 fully saturated rings. The molecule has 3 aromatic rings. The van der Waals surface area contributed by atoms with E-state index in [4.69, 9.17) is 13.9 Å². The number of esters is 1. The van der Waals surface area contributed by atoms with Crippen LogP contribution in [-0.4, -0.2) is 35.0 Å². The predicted octanol–water partition coefficient (Wildman–Crippen LogP) is 3.33. The average Bonchev–Trinajstić information content (AvgIpc) is 3.15. The largest absolute Gasteiger partial charge is 0.495 e. The molecule has 30 heavy (non-hydrogen) atoms. The lowest BCUT2D eigenvalue weighted by molar-refractivity contribution is -0.384. The Morgan fingerprint density at radius 3 is 2.73 bits per heavy atom. The van der Waals surface area contributed by atoms with Crippen molar-refractivity contribution < 1.29 is 28.4 Å². The summed E-state index contributed by atoms with van der Waals surface area (Å²) in [6.07, 6.45) is 1.24. The van der Waals surface area contributed by atoms with E-state index in [1.807, 2.05) is 6.07 Å². The highest BCUT2D eigenvalue weighted by molar-refractivity contribution is 5.97. The van der Waals surface area contributed by atoms with Crippen LogP contribution in [0.2, 0.25) is 0 Å². The molecule has 0 saturated carbocycles. The third-order valence-electron chi connectivity index (χ3n) is 3.99. The van der Waals surface area contributed by atoms with Crippen molar-refractivity contribution in [2.24, 2.45) is 0 Å². The van der Waals surface area contributed by atoms with Crippen LogP contribution in [0, 0.1) is 10.1 Å². The first-order valence-corrected chi connectivity index (χ1v) is 8.75. The Morgan fingerprint density at radius 2 is 2.03 bits per heavy atom. The van der Waals surface area contributed by atoms with Gasteiger partial charge >= 0.3 is 5.97 Å². The highest BCUT2D eigenvalue weighted by Gasteiger charge is 2.20. The number of hydrogen-bond acceptors (Lipinski definition) is 8. The first kappa shape index (κ1) is 20.5. The minimum atomic E-state index is -1.17. The first-order valence-electron chi connectivity index (χ1n) is 8.75. The zero-order chi connectivity index (χ0) is 21.7. The molecule has 10 nitrogen and oxygen atoms in total. The molecule has 1 heterocycles. The number of oxazole rings is 1. The minimum Gasteiger partial charge on any atom is -0.495 e. The van der Waals surface area contributed by atoms with E-state index >= 15 is 0 Å². The van der Waals surface area contributed by atoms with Gasteiger partial charge < -0.3 is 19.2 Å². The molecule has 0 aliphatic rings. The average molecular weight is 411 g/mol. The number of aromatic nitrogens is 1. The van der Waals surface area contributed by atoms with Crippen molar-refractivity contribution >= 4 is 40.4 Å². The summed E-state index contributed by atoms with van der Waals surface area (Å²) >= 11 is 0. The monoisotopic (exact) mass is 411 g/mol. The van der Waals surface area contributed by atoms with E-state index in [0.29, 0.717) is 11.1 Å². The molecule has 10 heteroatoms. The standard InChI is InChI=1S/C20H17N3O7/c1-12(20(25)22-15-11-13(23(26)27)7-8-16(15)28-2)29-19(24)10-9-18-21-14-5-3-4-6-17(14)30-18/h3-12H,1-2H3,(H,22,25)/b10-9+/t12-/m1/s1. The number of nitro groups is 1. The number of ether oxygens (including phenoxy) is 2. The summed E-state index contributed by atoms with van der Waals surface area (Å²) in [6.45, 7) is 1.37. The second-order valence-electron chi connectivity index (χ2n) is 6.06. The number of nitrogens with zero attached hydrogens (tertiary/aromatic N) is 2. The Balaban J connectivity index is 1.63. The number of methoxy groups -OCH3 is 1. The molecule has 0 saturated heterocycles. The number of nitro benzene ring substituents is 1. The molecule has 1 atom stereocenters. The van der Waals surface area contributed by atoms with Crippen molar-refractivity contribution in [2.45, 2.75) is 13.0 Å². The van der Waals surface area contributed by atoms with E-state index in [2.05, 4.69) is 10.3 Å². The fourth-order valence-corrected chi connectivity index (χ4v) is 2.51. The molecular formula is C20H17N3O7. The van der Waals surface area contributed by atoms with Crippen LogP contribution in [0.3, 0.4) is 0 Å². The van der Waals surface area contributed by atoms with Crippen molar-refractivity contribution in [3.8, 4) is 5.75 Å². The zero-order valence-electron chi connectivity index (χ0n) is 16.0. The third-order valence-corrected chi connectivity index (χ3v) is 3.99. The van der Waals surface area contributed by atoms with Crippen molar-refractivity contribution in [2.75, 3.05) is 12.4 Å². The van der Waals surface area contributed by atoms with E-state index in [1.165, 1.54) is 32.2 Å². The molecule has 1 amide bonds. The lowest BCUT2D eigenvalue weighted by Crippen LogP contribution is -2.29. The van der Waals surface area contributed by atoms with Gasteiger partial charge in [0.05, 0.1) is 17.7 Å². The van der Waals surface area contributed by atoms with Gasteiger partial charge in [0.2, 0.25) is 5.89 Å². The molecule has 0 radical (unpaired) electrons. The maximum Gasteiger partial charge on any atom is 0.331 e. The van der Waals surface area contributed by atoms with Crippen LogP contribution in [0.5, 0.6) is 5.75 Å². The Bertz CT molecular complexity index is 1100. The summed E-state index contributed by atoms with van der Waals surface area (Å²) in [5, 5.41) is 13.4. The molecule has 0 aliphatic heterocycles. The lowest BCUT2D eigenvalue weighted by Gasteiger charge is -2.14. The highest BCUT2D eigenvalue weighted by atomic mass is 16.6. The normalized spacial score (nSPS) is 11.9. The lowest BCUT2D eigenvalue weighted by atomic mass is 10.2. The number of rotatable bonds is 7. The molecule has 0 bridgehead atoms. The van der Waals surface area contributed by atoms with E-state index in [9.17, 15) is 19.7 Å². The van der Waals surface area contributed by atoms with Crippen molar-refractivity contribution in [3.05, 3.63) is 64.5 Å². The van der Waals surface area contributed by atoms with Gasteiger partial charge in [0.15, 0.2) is 11.7 Å². The number of carbonyl (C=O) groups excluding carboxylic acids is 2. The van der Waals surface area contributed by atoms with Gasteiger partial charge in [-0.05, 0) is 25.1 Å². The van der Waals surface area contributed by atoms with Crippen LogP contribution < -0.4 is 10.1 Å². The minimum absolute atomic E-state index is 0.0848. The van der Waals surface area contributed by atoms with E-state index in [1.54, 1.807) is 18.2 Å². The van der Waals surface area contributed by atoms with Crippen LogP contribution in [0.25, 0.3) is 17.2 Å². The van der Waals surface area contributed by atoms with Gasteiger partial charge in [0.25, 0.3) is 11.6 Å². The van der Waals surface area contributed by atoms with E-state index in [0.717, 1.165) is 12.1 Å². The van der Waals surface area contributed by atoms with Gasteiger partial charge in [-0.2, -0.15) is 0 Å². The van der Waals surface area contributed by atoms with Crippen molar-refractivity contribution in [3.63, 3.8) is 0 Å². The summed E-state index contributed by atoms with van der Waals surface area (Å²) < 4.78 is 15.6. The molecule has 0 aliphatic carbocycles. The molecule has 2 aromatic carbocycles. The molecule has 3 rings (SSSR count). The molecular weight excluding hydrogens is 394 g/mol. The van der Waals surface area contributed by atoms with Gasteiger partial charge in [-0.15, -0.1) is 0 Å². The Hall–Kier alpha value is -4.21. The molecule has 0 unspecified atom stereocenters. The van der Waals surface area contributed by atoms with Crippen molar-refractivity contribution in [1.29, 1.82) is 0 Å². The number of carbonyl (C=O) groups is 2. The number of hydrogen-bond donors (Lipinski definition) is 1. The van der Waals surface area contributed by atoms with E-state index in [-0.39, 0.29) is 23.0 Å². The number of benzene rings is 2. The maximum atomic E-state index is 12.3. The topological polar surface area (TPSA) is 134 Å². The second kappa shape index (κ2) is 8.86. The summed E-state index contributed by atoms with van der Waals surface area (Å²) in [5.74, 6) is -1.03. The van der Waals surface area contributed by atoms with Gasteiger partial charge in [-0.3, -0.25) is 14.9 Å². The molecule has 1 aromatic heterocycles. The first-order chi connectivity index (χ1) is 14.4. The molecule has 154 valence electrons. The van der Waals surface area contributed by atoms with Crippen LogP contribution in [0.1, 0.15) is 12.8 Å². The summed E-state index contributed by atoms with van der Waals surface area (Å²) in [5.41, 5.74) is 1.08. The number of non-ortho nitro benzene ring substituents is 1. The van der Waals surface area contributed by atoms with Gasteiger partial charge in [-0.25, -0.2) is 9.78 Å². The molecule has 0 spiro atoms. The molecule has 1 N–H and O–H groups in total. The number of para-hydroxylation sites is 2. The van der Waals surface area contributed by atoms with Gasteiger partial charge in [0.1, 0.15) is 11.3 Å². The number of fused-ring (bicyclic) bond motifs is 1. The smallest absolute Gasteiger partial charge is 0.331 e. The quantitative estimate of drug-likeness (QED) is 0.271. The predicted molar refractivity (Wildman–Crippen MR) is 107 cm³/mol. The van der Waals surface area contributed by atoms with Crippen LogP contribution in [-0.2, 0) is 14.3 Å². The number of nitrogens with one attached hydrogen (secondary N) is 1. The summed E-state index contributed by atoms with van der Waals surface area (Å²) in [7, 11) is 1.36. The third kappa shape index (κ3) is 4.79. The van der Waals surface area contributed by atoms with E-state index < -0.39 is 22.9 Å². The Kier molecular flexibility index (Phi) is 6.06. The van der Waals surface area contributed by atoms with Gasteiger partial charge in [-0.1, -0.05) is 12.1 Å². The second-order valence-corrected chi connectivity index (χ2v) is 6.06.